The van der Waals surface area contributed by atoms with Gasteiger partial charge in [0.05, 0.1) is 12.3 Å². The highest BCUT2D eigenvalue weighted by atomic mass is 14.7. The Labute approximate surface area is 132 Å². The molecule has 0 saturated heterocycles. The van der Waals surface area contributed by atoms with Gasteiger partial charge in [-0.2, -0.15) is 0 Å². The highest BCUT2D eigenvalue weighted by Gasteiger charge is 2.10. The Morgan fingerprint density at radius 2 is 1.91 bits per heavy atom. The molecule has 1 heteroatoms. The highest BCUT2D eigenvalue weighted by molar-refractivity contribution is 6.15. The van der Waals surface area contributed by atoms with E-state index in [9.17, 15) is 0 Å². The van der Waals surface area contributed by atoms with Crippen molar-refractivity contribution in [3.05, 3.63) is 84.0 Å². The SMILES string of the molecule is C=C(C)CN=C(C1=CCCC=C1)c1ccc2ccccc2c1. The second kappa shape index (κ2) is 6.57. The van der Waals surface area contributed by atoms with Gasteiger partial charge in [0.2, 0.25) is 0 Å². The third kappa shape index (κ3) is 3.25. The molecule has 1 aliphatic carbocycles. The molecule has 0 spiro atoms. The molecule has 0 bridgehead atoms. The molecule has 2 aromatic carbocycles. The van der Waals surface area contributed by atoms with Gasteiger partial charge in [-0.1, -0.05) is 66.8 Å². The predicted octanol–water partition coefficient (Wildman–Crippen LogP) is 5.48. The molecule has 22 heavy (non-hydrogen) atoms. The van der Waals surface area contributed by atoms with E-state index in [1.54, 1.807) is 0 Å². The number of aliphatic imine (C=N–C) groups is 1. The van der Waals surface area contributed by atoms with Crippen LogP contribution < -0.4 is 0 Å². The van der Waals surface area contributed by atoms with Crippen LogP contribution >= 0.6 is 0 Å². The van der Waals surface area contributed by atoms with Gasteiger partial charge in [-0.15, -0.1) is 0 Å². The molecule has 1 nitrogen and oxygen atoms in total. The summed E-state index contributed by atoms with van der Waals surface area (Å²) in [6, 6.07) is 15.0. The largest absolute Gasteiger partial charge is 0.280 e. The summed E-state index contributed by atoms with van der Waals surface area (Å²) < 4.78 is 0. The lowest BCUT2D eigenvalue weighted by molar-refractivity contribution is 1.03. The minimum Gasteiger partial charge on any atom is -0.280 e. The zero-order chi connectivity index (χ0) is 15.4. The van der Waals surface area contributed by atoms with Crippen LogP contribution in [-0.2, 0) is 0 Å². The molecule has 0 radical (unpaired) electrons. The van der Waals surface area contributed by atoms with E-state index in [1.165, 1.54) is 21.9 Å². The van der Waals surface area contributed by atoms with Crippen LogP contribution in [0.5, 0.6) is 0 Å². The Bertz CT molecular complexity index is 790. The molecule has 0 fully saturated rings. The normalized spacial score (nSPS) is 15.0. The second-order valence-electron chi connectivity index (χ2n) is 5.82. The number of benzene rings is 2. The van der Waals surface area contributed by atoms with Crippen LogP contribution in [0.4, 0.5) is 0 Å². The first-order valence-corrected chi connectivity index (χ1v) is 7.79. The van der Waals surface area contributed by atoms with Crippen LogP contribution in [0.25, 0.3) is 10.8 Å². The number of hydrogen-bond donors (Lipinski definition) is 0. The highest BCUT2D eigenvalue weighted by Crippen LogP contribution is 2.21. The van der Waals surface area contributed by atoms with E-state index < -0.39 is 0 Å². The maximum absolute atomic E-state index is 4.82. The van der Waals surface area contributed by atoms with Crippen molar-refractivity contribution in [1.29, 1.82) is 0 Å². The van der Waals surface area contributed by atoms with Gasteiger partial charge in [-0.05, 0) is 42.2 Å². The molecule has 0 amide bonds. The lowest BCUT2D eigenvalue weighted by atomic mass is 9.95. The molecule has 110 valence electrons. The summed E-state index contributed by atoms with van der Waals surface area (Å²) in [6.07, 6.45) is 8.91. The van der Waals surface area contributed by atoms with E-state index in [0.717, 1.165) is 24.1 Å². The number of allylic oxidation sites excluding steroid dienone is 4. The van der Waals surface area contributed by atoms with E-state index in [1.807, 2.05) is 6.92 Å². The molecule has 2 aromatic rings. The first-order chi connectivity index (χ1) is 10.7. The fraction of sp³-hybridized carbons (Fsp3) is 0.190. The molecular formula is C21H21N. The molecular weight excluding hydrogens is 266 g/mol. The minimum atomic E-state index is 0.674. The Balaban J connectivity index is 2.06. The Hall–Kier alpha value is -2.41. The van der Waals surface area contributed by atoms with Gasteiger partial charge < -0.3 is 0 Å². The van der Waals surface area contributed by atoms with Crippen molar-refractivity contribution in [2.75, 3.05) is 6.54 Å². The average Bonchev–Trinajstić information content (AvgIpc) is 2.55. The fourth-order valence-electron chi connectivity index (χ4n) is 2.69. The van der Waals surface area contributed by atoms with Gasteiger partial charge in [-0.25, -0.2) is 0 Å². The quantitative estimate of drug-likeness (QED) is 0.521. The van der Waals surface area contributed by atoms with Crippen molar-refractivity contribution < 1.29 is 0 Å². The fourth-order valence-corrected chi connectivity index (χ4v) is 2.69. The molecule has 0 saturated carbocycles. The Morgan fingerprint density at radius 3 is 2.64 bits per heavy atom. The van der Waals surface area contributed by atoms with Crippen LogP contribution in [0.3, 0.4) is 0 Å². The van der Waals surface area contributed by atoms with Gasteiger partial charge in [0.15, 0.2) is 0 Å². The number of nitrogens with zero attached hydrogens (tertiary/aromatic N) is 1. The summed E-state index contributed by atoms with van der Waals surface area (Å²) >= 11 is 0. The standard InChI is InChI=1S/C21H21N/c1-16(2)15-22-21(18-9-4-3-5-10-18)20-13-12-17-8-6-7-11-19(17)14-20/h4,6-14H,1,3,5,15H2,2H3. The first-order valence-electron chi connectivity index (χ1n) is 7.79. The zero-order valence-electron chi connectivity index (χ0n) is 13.0. The lowest BCUT2D eigenvalue weighted by Crippen LogP contribution is -2.07. The van der Waals surface area contributed by atoms with Gasteiger partial charge >= 0.3 is 0 Å². The van der Waals surface area contributed by atoms with E-state index in [0.29, 0.717) is 6.54 Å². The first kappa shape index (κ1) is 14.5. The number of hydrogen-bond acceptors (Lipinski definition) is 1. The van der Waals surface area contributed by atoms with E-state index in [2.05, 4.69) is 67.3 Å². The molecule has 0 unspecified atom stereocenters. The minimum absolute atomic E-state index is 0.674. The van der Waals surface area contributed by atoms with Crippen LogP contribution in [0, 0.1) is 0 Å². The smallest absolute Gasteiger partial charge is 0.0719 e. The second-order valence-corrected chi connectivity index (χ2v) is 5.82. The molecule has 0 atom stereocenters. The molecule has 3 rings (SSSR count). The molecule has 0 heterocycles. The Kier molecular flexibility index (Phi) is 4.34. The van der Waals surface area contributed by atoms with E-state index >= 15 is 0 Å². The van der Waals surface area contributed by atoms with E-state index in [4.69, 9.17) is 4.99 Å². The van der Waals surface area contributed by atoms with Gasteiger partial charge in [-0.3, -0.25) is 4.99 Å². The number of rotatable bonds is 4. The number of fused-ring (bicyclic) bond motifs is 1. The van der Waals surface area contributed by atoms with Crippen LogP contribution in [0.1, 0.15) is 25.3 Å². The molecule has 0 N–H and O–H groups in total. The van der Waals surface area contributed by atoms with Gasteiger partial charge in [0, 0.05) is 5.56 Å². The van der Waals surface area contributed by atoms with Crippen molar-refractivity contribution in [3.63, 3.8) is 0 Å². The lowest BCUT2D eigenvalue weighted by Gasteiger charge is -2.12. The topological polar surface area (TPSA) is 12.4 Å². The maximum Gasteiger partial charge on any atom is 0.0719 e. The maximum atomic E-state index is 4.82. The summed E-state index contributed by atoms with van der Waals surface area (Å²) in [5.74, 6) is 0. The average molecular weight is 287 g/mol. The predicted molar refractivity (Wildman–Crippen MR) is 96.6 cm³/mol. The van der Waals surface area contributed by atoms with E-state index in [-0.39, 0.29) is 0 Å². The summed E-state index contributed by atoms with van der Waals surface area (Å²) in [5, 5.41) is 2.52. The third-order valence-corrected chi connectivity index (χ3v) is 3.80. The van der Waals surface area contributed by atoms with Gasteiger partial charge in [0.1, 0.15) is 0 Å². The van der Waals surface area contributed by atoms with Crippen LogP contribution in [0.15, 0.2) is 83.4 Å². The summed E-state index contributed by atoms with van der Waals surface area (Å²) in [4.78, 5) is 4.82. The summed E-state index contributed by atoms with van der Waals surface area (Å²) in [7, 11) is 0. The third-order valence-electron chi connectivity index (χ3n) is 3.80. The van der Waals surface area contributed by atoms with Crippen molar-refractivity contribution in [2.24, 2.45) is 4.99 Å². The molecule has 1 aliphatic rings. The van der Waals surface area contributed by atoms with Crippen molar-refractivity contribution >= 4 is 16.5 Å². The van der Waals surface area contributed by atoms with Crippen LogP contribution in [-0.4, -0.2) is 12.3 Å². The Morgan fingerprint density at radius 1 is 1.09 bits per heavy atom. The monoisotopic (exact) mass is 287 g/mol. The molecule has 0 aliphatic heterocycles. The molecule has 0 aromatic heterocycles. The van der Waals surface area contributed by atoms with Gasteiger partial charge in [0.25, 0.3) is 0 Å². The summed E-state index contributed by atoms with van der Waals surface area (Å²) in [6.45, 7) is 6.67. The van der Waals surface area contributed by atoms with Crippen molar-refractivity contribution in [3.8, 4) is 0 Å². The van der Waals surface area contributed by atoms with Crippen molar-refractivity contribution in [1.82, 2.24) is 0 Å². The van der Waals surface area contributed by atoms with Crippen LogP contribution in [0.2, 0.25) is 0 Å². The summed E-state index contributed by atoms with van der Waals surface area (Å²) in [5.41, 5.74) is 4.56. The zero-order valence-corrected chi connectivity index (χ0v) is 13.0. The van der Waals surface area contributed by atoms with Crippen molar-refractivity contribution in [2.45, 2.75) is 19.8 Å².